The van der Waals surface area contributed by atoms with E-state index in [2.05, 4.69) is 4.98 Å². The molecule has 8 nitrogen and oxygen atoms in total. The number of aryl methyl sites for hydroxylation is 3. The van der Waals surface area contributed by atoms with Gasteiger partial charge in [-0.1, -0.05) is 18.2 Å². The Bertz CT molecular complexity index is 1090. The van der Waals surface area contributed by atoms with Gasteiger partial charge in [0, 0.05) is 19.2 Å². The normalized spacial score (nSPS) is 19.4. The molecule has 0 bridgehead atoms. The lowest BCUT2D eigenvalue weighted by atomic mass is 10.00. The van der Waals surface area contributed by atoms with Crippen molar-refractivity contribution in [3.63, 3.8) is 0 Å². The Morgan fingerprint density at radius 1 is 1.27 bits per heavy atom. The lowest BCUT2D eigenvalue weighted by Crippen LogP contribution is -2.60. The van der Waals surface area contributed by atoms with E-state index in [1.54, 1.807) is 19.2 Å². The summed E-state index contributed by atoms with van der Waals surface area (Å²) in [4.78, 5) is 15.2. The van der Waals surface area contributed by atoms with E-state index in [1.165, 1.54) is 4.31 Å². The summed E-state index contributed by atoms with van der Waals surface area (Å²) in [7, 11) is -3.85. The van der Waals surface area contributed by atoms with Crippen LogP contribution in [-0.4, -0.2) is 54.1 Å². The van der Waals surface area contributed by atoms with Gasteiger partial charge in [-0.3, -0.25) is 4.79 Å². The Morgan fingerprint density at radius 2 is 2.03 bits per heavy atom. The number of hydrogen-bond acceptors (Lipinski definition) is 6. The highest BCUT2D eigenvalue weighted by atomic mass is 32.2. The molecular weight excluding hydrogens is 408 g/mol. The van der Waals surface area contributed by atoms with Gasteiger partial charge >= 0.3 is 5.97 Å². The number of carboxylic acids is 1. The van der Waals surface area contributed by atoms with Gasteiger partial charge in [-0.25, -0.2) is 13.4 Å². The summed E-state index contributed by atoms with van der Waals surface area (Å²) in [6.45, 7) is 4.61. The van der Waals surface area contributed by atoms with Crippen molar-refractivity contribution in [2.24, 2.45) is 0 Å². The van der Waals surface area contributed by atoms with Crippen LogP contribution in [0, 0.1) is 13.8 Å². The summed E-state index contributed by atoms with van der Waals surface area (Å²) in [5.41, 5.74) is 2.61. The molecule has 0 atom stereocenters. The third-order valence-corrected chi connectivity index (χ3v) is 7.25. The van der Waals surface area contributed by atoms with Crippen molar-refractivity contribution in [1.82, 2.24) is 9.29 Å². The number of hydrogen-bond donors (Lipinski definition) is 1. The average molecular weight is 432 g/mol. The van der Waals surface area contributed by atoms with Crippen molar-refractivity contribution >= 4 is 16.0 Å². The molecule has 4 rings (SSSR count). The van der Waals surface area contributed by atoms with E-state index in [1.807, 2.05) is 25.1 Å². The highest BCUT2D eigenvalue weighted by Gasteiger charge is 2.49. The Hall–Kier alpha value is -2.49. The smallest absolute Gasteiger partial charge is 0.303 e. The Kier molecular flexibility index (Phi) is 5.29. The first kappa shape index (κ1) is 20.8. The number of rotatable bonds is 5. The highest BCUT2D eigenvalue weighted by Crippen LogP contribution is 2.37. The fourth-order valence-electron chi connectivity index (χ4n) is 3.69. The summed E-state index contributed by atoms with van der Waals surface area (Å²) < 4.78 is 39.8. The predicted molar refractivity (Wildman–Crippen MR) is 108 cm³/mol. The number of carbonyl (C=O) groups is 1. The van der Waals surface area contributed by atoms with Crippen LogP contribution in [0.3, 0.4) is 0 Å². The number of fused-ring (bicyclic) bond motifs is 1. The quantitative estimate of drug-likeness (QED) is 0.771. The van der Waals surface area contributed by atoms with Crippen LogP contribution in [0.2, 0.25) is 0 Å². The molecule has 2 aromatic rings. The maximum atomic E-state index is 13.5. The molecular formula is C21H24N2O6S. The van der Waals surface area contributed by atoms with Crippen molar-refractivity contribution in [2.45, 2.75) is 43.7 Å². The lowest BCUT2D eigenvalue weighted by Gasteiger charge is -2.41. The Labute approximate surface area is 175 Å². The number of ether oxygens (including phenoxy) is 2. The number of benzene rings is 1. The van der Waals surface area contributed by atoms with Crippen molar-refractivity contribution in [1.29, 1.82) is 0 Å². The summed E-state index contributed by atoms with van der Waals surface area (Å²) in [5, 5.41) is 8.95. The molecule has 0 unspecified atom stereocenters. The summed E-state index contributed by atoms with van der Waals surface area (Å²) >= 11 is 0. The van der Waals surface area contributed by atoms with E-state index in [4.69, 9.17) is 14.6 Å². The van der Waals surface area contributed by atoms with Gasteiger partial charge in [-0.2, -0.15) is 4.31 Å². The molecule has 0 amide bonds. The van der Waals surface area contributed by atoms with Crippen LogP contribution in [-0.2, 0) is 32.5 Å². The molecule has 0 aliphatic carbocycles. The molecule has 1 N–H and O–H groups in total. The molecule has 3 heterocycles. The highest BCUT2D eigenvalue weighted by molar-refractivity contribution is 7.89. The van der Waals surface area contributed by atoms with E-state index in [-0.39, 0.29) is 30.3 Å². The topological polar surface area (TPSA) is 106 Å². The van der Waals surface area contributed by atoms with Gasteiger partial charge in [0.1, 0.15) is 4.90 Å². The maximum Gasteiger partial charge on any atom is 0.303 e. The van der Waals surface area contributed by atoms with Crippen LogP contribution < -0.4 is 4.74 Å². The number of nitrogens with zero attached hydrogens (tertiary/aromatic N) is 2. The molecule has 1 aromatic heterocycles. The van der Waals surface area contributed by atoms with Gasteiger partial charge in [0.15, 0.2) is 5.60 Å². The third-order valence-electron chi connectivity index (χ3n) is 5.47. The second kappa shape index (κ2) is 7.64. The van der Waals surface area contributed by atoms with Crippen molar-refractivity contribution in [2.75, 3.05) is 19.8 Å². The van der Waals surface area contributed by atoms with E-state index < -0.39 is 21.6 Å². The van der Waals surface area contributed by atoms with E-state index in [9.17, 15) is 13.2 Å². The summed E-state index contributed by atoms with van der Waals surface area (Å²) in [5.74, 6) is -0.755. The van der Waals surface area contributed by atoms with Gasteiger partial charge in [0.25, 0.3) is 0 Å². The predicted octanol–water partition coefficient (Wildman–Crippen LogP) is 2.07. The molecule has 0 radical (unpaired) electrons. The van der Waals surface area contributed by atoms with Crippen LogP contribution in [0.5, 0.6) is 5.88 Å². The second-order valence-electron chi connectivity index (χ2n) is 8.02. The third kappa shape index (κ3) is 3.92. The first-order valence-electron chi connectivity index (χ1n) is 9.72. The molecule has 1 aromatic carbocycles. The SMILES string of the molecule is Cc1cnc2c(c1)S(=O)(=O)N(Cc1cc(CCC(=O)O)ccc1C)CC1(COC1)O2. The van der Waals surface area contributed by atoms with Crippen LogP contribution >= 0.6 is 0 Å². The maximum absolute atomic E-state index is 13.5. The zero-order valence-corrected chi connectivity index (χ0v) is 17.7. The van der Waals surface area contributed by atoms with Crippen molar-refractivity contribution in [3.05, 3.63) is 52.7 Å². The first-order valence-corrected chi connectivity index (χ1v) is 11.2. The molecule has 2 aliphatic rings. The standard InChI is InChI=1S/C21H24N2O6S/c1-14-7-18-20(22-9-14)29-21(12-28-13-21)11-23(30(18,26)27)10-17-8-16(4-3-15(17)2)5-6-19(24)25/h3-4,7-9H,5-6,10-13H2,1-2H3,(H,24,25). The van der Waals surface area contributed by atoms with Gasteiger partial charge in [-0.15, -0.1) is 0 Å². The molecule has 9 heteroatoms. The van der Waals surface area contributed by atoms with E-state index >= 15 is 0 Å². The molecule has 1 fully saturated rings. The molecule has 0 saturated carbocycles. The minimum absolute atomic E-state index is 0.0249. The second-order valence-corrected chi connectivity index (χ2v) is 9.93. The summed E-state index contributed by atoms with van der Waals surface area (Å²) in [6, 6.07) is 7.25. The largest absolute Gasteiger partial charge is 0.481 e. The number of aromatic nitrogens is 1. The van der Waals surface area contributed by atoms with Gasteiger partial charge in [0.05, 0.1) is 19.8 Å². The minimum Gasteiger partial charge on any atom is -0.481 e. The van der Waals surface area contributed by atoms with Gasteiger partial charge in [0.2, 0.25) is 15.9 Å². The molecule has 160 valence electrons. The monoisotopic (exact) mass is 432 g/mol. The van der Waals surface area contributed by atoms with Crippen LogP contribution in [0.15, 0.2) is 35.4 Å². The van der Waals surface area contributed by atoms with E-state index in [0.717, 1.165) is 22.3 Å². The number of aliphatic carboxylic acids is 1. The number of sulfonamides is 1. The molecule has 1 spiro atoms. The van der Waals surface area contributed by atoms with Gasteiger partial charge in [-0.05, 0) is 48.6 Å². The molecule has 1 saturated heterocycles. The number of pyridine rings is 1. The lowest BCUT2D eigenvalue weighted by molar-refractivity contribution is -0.166. The average Bonchev–Trinajstić information content (AvgIpc) is 2.75. The van der Waals surface area contributed by atoms with Crippen LogP contribution in [0.25, 0.3) is 0 Å². The summed E-state index contributed by atoms with van der Waals surface area (Å²) in [6.07, 6.45) is 2.01. The zero-order chi connectivity index (χ0) is 21.5. The Morgan fingerprint density at radius 3 is 2.70 bits per heavy atom. The van der Waals surface area contributed by atoms with Crippen LogP contribution in [0.1, 0.15) is 28.7 Å². The number of carboxylic acid groups (broad SMARTS) is 1. The van der Waals surface area contributed by atoms with Crippen molar-refractivity contribution in [3.8, 4) is 5.88 Å². The Balaban J connectivity index is 1.71. The fourth-order valence-corrected chi connectivity index (χ4v) is 5.33. The van der Waals surface area contributed by atoms with E-state index in [0.29, 0.717) is 19.6 Å². The molecule has 30 heavy (non-hydrogen) atoms. The van der Waals surface area contributed by atoms with Crippen LogP contribution in [0.4, 0.5) is 0 Å². The molecule has 2 aliphatic heterocycles. The first-order chi connectivity index (χ1) is 14.2. The fraction of sp³-hybridized carbons (Fsp3) is 0.429. The minimum atomic E-state index is -3.85. The van der Waals surface area contributed by atoms with Gasteiger partial charge < -0.3 is 14.6 Å². The zero-order valence-electron chi connectivity index (χ0n) is 16.9. The van der Waals surface area contributed by atoms with Crippen molar-refractivity contribution < 1.29 is 27.8 Å².